The van der Waals surface area contributed by atoms with Gasteiger partial charge in [0.25, 0.3) is 0 Å². The van der Waals surface area contributed by atoms with Crippen LogP contribution in [0.25, 0.3) is 11.3 Å². The summed E-state index contributed by atoms with van der Waals surface area (Å²) in [6.07, 6.45) is 1.66. The Labute approximate surface area is 209 Å². The van der Waals surface area contributed by atoms with Crippen LogP contribution in [-0.2, 0) is 0 Å². The van der Waals surface area contributed by atoms with Crippen molar-refractivity contribution in [2.24, 2.45) is 0 Å². The van der Waals surface area contributed by atoms with Crippen LogP contribution < -0.4 is 10.2 Å². The molecule has 0 aliphatic carbocycles. The summed E-state index contributed by atoms with van der Waals surface area (Å²) in [5.74, 6) is -2.15. The van der Waals surface area contributed by atoms with Crippen LogP contribution in [0.2, 0.25) is 0 Å². The molecule has 0 spiro atoms. The first kappa shape index (κ1) is 23.2. The number of benzene rings is 2. The van der Waals surface area contributed by atoms with Crippen molar-refractivity contribution in [1.29, 1.82) is 0 Å². The summed E-state index contributed by atoms with van der Waals surface area (Å²) >= 11 is 5.62. The molecule has 0 saturated carbocycles. The maximum atomic E-state index is 13.6. The maximum Gasteiger partial charge on any atom is 0.335 e. The molecule has 1 fully saturated rings. The average molecular weight is 504 g/mol. The molecule has 10 heteroatoms. The van der Waals surface area contributed by atoms with Crippen LogP contribution in [0.3, 0.4) is 0 Å². The first-order valence-electron chi connectivity index (χ1n) is 10.8. The largest absolute Gasteiger partial charge is 0.478 e. The van der Waals surface area contributed by atoms with Crippen molar-refractivity contribution >= 4 is 35.0 Å². The monoisotopic (exact) mass is 503 g/mol. The third-order valence-electron chi connectivity index (χ3n) is 5.83. The molecule has 8 nitrogen and oxygen atoms in total. The highest BCUT2D eigenvalue weighted by Crippen LogP contribution is 2.43. The number of thiocarbonyl (C=S) groups is 1. The van der Waals surface area contributed by atoms with Gasteiger partial charge in [-0.3, -0.25) is 4.98 Å². The molecule has 1 aliphatic rings. The van der Waals surface area contributed by atoms with Crippen LogP contribution in [0.1, 0.15) is 44.3 Å². The van der Waals surface area contributed by atoms with Gasteiger partial charge in [-0.05, 0) is 78.9 Å². The van der Waals surface area contributed by atoms with E-state index in [1.54, 1.807) is 41.4 Å². The van der Waals surface area contributed by atoms with E-state index in [1.165, 1.54) is 24.3 Å². The van der Waals surface area contributed by atoms with Gasteiger partial charge in [-0.1, -0.05) is 6.07 Å². The first-order chi connectivity index (χ1) is 17.3. The fourth-order valence-corrected chi connectivity index (χ4v) is 4.55. The zero-order valence-electron chi connectivity index (χ0n) is 18.5. The van der Waals surface area contributed by atoms with Gasteiger partial charge in [0.05, 0.1) is 22.9 Å². The van der Waals surface area contributed by atoms with Crippen molar-refractivity contribution in [3.8, 4) is 11.3 Å². The lowest BCUT2D eigenvalue weighted by atomic mass is 10.0. The maximum absolute atomic E-state index is 13.6. The quantitative estimate of drug-likeness (QED) is 0.311. The normalized spacial score (nSPS) is 17.1. The molecule has 2 atom stereocenters. The minimum Gasteiger partial charge on any atom is -0.478 e. The number of nitrogens with one attached hydrogen (secondary N) is 1. The number of furan rings is 1. The summed E-state index contributed by atoms with van der Waals surface area (Å²) in [6, 6.07) is 17.6. The van der Waals surface area contributed by atoms with E-state index in [-0.39, 0.29) is 22.7 Å². The van der Waals surface area contributed by atoms with Crippen molar-refractivity contribution in [2.45, 2.75) is 12.1 Å². The summed E-state index contributed by atoms with van der Waals surface area (Å²) in [5, 5.41) is 22.5. The number of carboxylic acids is 2. The van der Waals surface area contributed by atoms with Gasteiger partial charge in [0.15, 0.2) is 5.11 Å². The van der Waals surface area contributed by atoms with Crippen LogP contribution in [0.4, 0.5) is 10.1 Å². The van der Waals surface area contributed by atoms with Gasteiger partial charge in [-0.2, -0.15) is 0 Å². The second-order valence-electron chi connectivity index (χ2n) is 8.08. The molecule has 180 valence electrons. The number of aromatic carboxylic acids is 2. The molecular weight excluding hydrogens is 485 g/mol. The number of anilines is 1. The lowest BCUT2D eigenvalue weighted by Crippen LogP contribution is -2.29. The van der Waals surface area contributed by atoms with Crippen LogP contribution in [0.15, 0.2) is 83.4 Å². The van der Waals surface area contributed by atoms with Gasteiger partial charge in [-0.25, -0.2) is 14.0 Å². The smallest absolute Gasteiger partial charge is 0.335 e. The zero-order valence-corrected chi connectivity index (χ0v) is 19.3. The summed E-state index contributed by atoms with van der Waals surface area (Å²) in [7, 11) is 0. The van der Waals surface area contributed by atoms with Gasteiger partial charge in [0.2, 0.25) is 0 Å². The number of hydrogen-bond donors (Lipinski definition) is 3. The molecule has 0 radical (unpaired) electrons. The summed E-state index contributed by atoms with van der Waals surface area (Å²) < 4.78 is 19.8. The van der Waals surface area contributed by atoms with Gasteiger partial charge in [-0.15, -0.1) is 0 Å². The molecule has 3 heterocycles. The Balaban J connectivity index is 1.61. The van der Waals surface area contributed by atoms with Crippen molar-refractivity contribution in [3.63, 3.8) is 0 Å². The molecule has 4 aromatic rings. The second-order valence-corrected chi connectivity index (χ2v) is 8.47. The van der Waals surface area contributed by atoms with Crippen LogP contribution >= 0.6 is 12.2 Å². The minimum atomic E-state index is -1.26. The predicted octanol–water partition coefficient (Wildman–Crippen LogP) is 5.05. The predicted molar refractivity (Wildman–Crippen MR) is 132 cm³/mol. The van der Waals surface area contributed by atoms with E-state index in [1.807, 2.05) is 12.1 Å². The third kappa shape index (κ3) is 4.29. The molecule has 2 aromatic heterocycles. The fraction of sp³-hybridized carbons (Fsp3) is 0.0769. The van der Waals surface area contributed by atoms with Crippen molar-refractivity contribution in [1.82, 2.24) is 10.3 Å². The number of rotatable bonds is 6. The highest BCUT2D eigenvalue weighted by atomic mass is 32.1. The van der Waals surface area contributed by atoms with E-state index >= 15 is 0 Å². The third-order valence-corrected chi connectivity index (χ3v) is 6.15. The molecule has 3 N–H and O–H groups in total. The SMILES string of the molecule is O=C(O)c1cc(C(=O)O)cc(-c2ccc([C@H]3[C@H](c4ccccn4)NC(=S)N3c3ccc(F)cc3)o2)c1. The van der Waals surface area contributed by atoms with E-state index in [0.717, 1.165) is 6.07 Å². The van der Waals surface area contributed by atoms with E-state index in [2.05, 4.69) is 10.3 Å². The molecule has 1 aliphatic heterocycles. The van der Waals surface area contributed by atoms with Crippen molar-refractivity contribution < 1.29 is 28.6 Å². The Hall–Kier alpha value is -4.57. The molecule has 0 bridgehead atoms. The number of hydrogen-bond acceptors (Lipinski definition) is 5. The van der Waals surface area contributed by atoms with E-state index < -0.39 is 24.0 Å². The number of pyridine rings is 1. The van der Waals surface area contributed by atoms with Gasteiger partial charge < -0.3 is 24.8 Å². The lowest BCUT2D eigenvalue weighted by Gasteiger charge is -2.26. The number of halogens is 1. The lowest BCUT2D eigenvalue weighted by molar-refractivity contribution is 0.0696. The Morgan fingerprint density at radius 1 is 0.972 bits per heavy atom. The highest BCUT2D eigenvalue weighted by molar-refractivity contribution is 7.80. The summed E-state index contributed by atoms with van der Waals surface area (Å²) in [4.78, 5) is 29.4. The number of aromatic nitrogens is 1. The van der Waals surface area contributed by atoms with Crippen LogP contribution in [0.5, 0.6) is 0 Å². The standard InChI is InChI=1S/C26H18FN3O5S/c27-17-4-6-18(7-5-17)30-23(22(29-26(30)36)19-3-1-2-10-28-19)21-9-8-20(35-21)14-11-15(24(31)32)13-16(12-14)25(33)34/h1-13,22-23H,(H,29,36)(H,31,32)(H,33,34)/t22-,23-/m0/s1. The molecule has 36 heavy (non-hydrogen) atoms. The second kappa shape index (κ2) is 9.23. The first-order valence-corrected chi connectivity index (χ1v) is 11.2. The average Bonchev–Trinajstić information content (AvgIpc) is 3.49. The Morgan fingerprint density at radius 2 is 1.67 bits per heavy atom. The molecular formula is C26H18FN3O5S. The Bertz CT molecular complexity index is 1440. The van der Waals surface area contributed by atoms with Crippen molar-refractivity contribution in [3.05, 3.63) is 107 Å². The van der Waals surface area contributed by atoms with Gasteiger partial charge in [0.1, 0.15) is 23.4 Å². The summed E-state index contributed by atoms with van der Waals surface area (Å²) in [6.45, 7) is 0. The molecule has 5 rings (SSSR count). The zero-order chi connectivity index (χ0) is 25.4. The molecule has 1 saturated heterocycles. The summed E-state index contributed by atoms with van der Waals surface area (Å²) in [5.41, 5.74) is 1.29. The van der Waals surface area contributed by atoms with Crippen molar-refractivity contribution in [2.75, 3.05) is 4.90 Å². The van der Waals surface area contributed by atoms with E-state index in [9.17, 15) is 24.2 Å². The van der Waals surface area contributed by atoms with Gasteiger partial charge in [0, 0.05) is 17.4 Å². The molecule has 0 unspecified atom stereocenters. The van der Waals surface area contributed by atoms with Crippen LogP contribution in [-0.4, -0.2) is 32.2 Å². The van der Waals surface area contributed by atoms with Gasteiger partial charge >= 0.3 is 11.9 Å². The highest BCUT2D eigenvalue weighted by Gasteiger charge is 2.42. The number of carbonyl (C=O) groups is 2. The topological polar surface area (TPSA) is 116 Å². The fourth-order valence-electron chi connectivity index (χ4n) is 4.21. The number of carboxylic acid groups (broad SMARTS) is 2. The van der Waals surface area contributed by atoms with E-state index in [0.29, 0.717) is 27.8 Å². The molecule has 0 amide bonds. The number of nitrogens with zero attached hydrogens (tertiary/aromatic N) is 2. The minimum absolute atomic E-state index is 0.175. The van der Waals surface area contributed by atoms with Crippen LogP contribution in [0, 0.1) is 5.82 Å². The Morgan fingerprint density at radius 3 is 2.28 bits per heavy atom. The molecule has 2 aromatic carbocycles. The van der Waals surface area contributed by atoms with E-state index in [4.69, 9.17) is 16.6 Å². The Kier molecular flexibility index (Phi) is 5.95.